The van der Waals surface area contributed by atoms with Gasteiger partial charge in [0.15, 0.2) is 4.34 Å². The first-order valence-electron chi connectivity index (χ1n) is 4.07. The van der Waals surface area contributed by atoms with Gasteiger partial charge >= 0.3 is 0 Å². The molecule has 0 fully saturated rings. The maximum absolute atomic E-state index is 4.22. The largest absolute Gasteiger partial charge is 0.285 e. The first-order chi connectivity index (χ1) is 6.90. The molecule has 0 amide bonds. The van der Waals surface area contributed by atoms with Crippen LogP contribution >= 0.6 is 23.1 Å². The van der Waals surface area contributed by atoms with Crippen molar-refractivity contribution in [2.75, 3.05) is 0 Å². The molecule has 2 rings (SSSR count). The van der Waals surface area contributed by atoms with Gasteiger partial charge in [0, 0.05) is 23.3 Å². The van der Waals surface area contributed by atoms with Crippen molar-refractivity contribution in [1.82, 2.24) is 15.2 Å². The summed E-state index contributed by atoms with van der Waals surface area (Å²) in [4.78, 5) is 4.22. The van der Waals surface area contributed by atoms with E-state index in [1.807, 2.05) is 30.0 Å². The van der Waals surface area contributed by atoms with Gasteiger partial charge < -0.3 is 0 Å². The van der Waals surface area contributed by atoms with Gasteiger partial charge in [-0.1, -0.05) is 17.8 Å². The highest BCUT2D eigenvalue weighted by molar-refractivity contribution is 8.01. The van der Waals surface area contributed by atoms with Crippen LogP contribution in [0.2, 0.25) is 0 Å². The highest BCUT2D eigenvalue weighted by Crippen LogP contribution is 2.36. The van der Waals surface area contributed by atoms with E-state index >= 15 is 0 Å². The van der Waals surface area contributed by atoms with Crippen molar-refractivity contribution < 1.29 is 0 Å². The minimum absolute atomic E-state index is 0.222. The van der Waals surface area contributed by atoms with Crippen molar-refractivity contribution >= 4 is 23.1 Å². The average molecular weight is 223 g/mol. The number of nitrogens with zero attached hydrogens (tertiary/aromatic N) is 2. The Morgan fingerprint density at radius 3 is 3.14 bits per heavy atom. The molecule has 0 saturated carbocycles. The topological polar surface area (TPSA) is 41.6 Å². The molecule has 14 heavy (non-hydrogen) atoms. The van der Waals surface area contributed by atoms with Gasteiger partial charge in [-0.2, -0.15) is 5.10 Å². The Morgan fingerprint density at radius 2 is 2.57 bits per heavy atom. The molecule has 0 saturated heterocycles. The number of thiazole rings is 1. The maximum Gasteiger partial charge on any atom is 0.150 e. The summed E-state index contributed by atoms with van der Waals surface area (Å²) in [5.41, 5.74) is 1.13. The van der Waals surface area contributed by atoms with Crippen molar-refractivity contribution in [3.05, 3.63) is 42.2 Å². The third kappa shape index (κ3) is 2.05. The lowest BCUT2D eigenvalue weighted by molar-refractivity contribution is 1.09. The number of hydrogen-bond acceptors (Lipinski definition) is 4. The predicted octanol–water partition coefficient (Wildman–Crippen LogP) is 2.89. The van der Waals surface area contributed by atoms with Crippen LogP contribution in [0.1, 0.15) is 10.8 Å². The van der Waals surface area contributed by atoms with Crippen LogP contribution in [0.4, 0.5) is 0 Å². The molecule has 0 radical (unpaired) electrons. The SMILES string of the molecule is C=CC(Sc1nccs1)c1cn[nH]c1. The summed E-state index contributed by atoms with van der Waals surface area (Å²) in [5.74, 6) is 0. The molecule has 0 aliphatic rings. The second-order valence-electron chi connectivity index (χ2n) is 2.60. The standard InChI is InChI=1S/C9H9N3S2/c1-2-8(7-5-11-12-6-7)14-9-10-3-4-13-9/h2-6,8H,1H2,(H,11,12). The van der Waals surface area contributed by atoms with E-state index in [1.165, 1.54) is 0 Å². The highest BCUT2D eigenvalue weighted by Gasteiger charge is 2.11. The van der Waals surface area contributed by atoms with Crippen LogP contribution in [0, 0.1) is 0 Å². The molecule has 2 heterocycles. The fourth-order valence-electron chi connectivity index (χ4n) is 1.05. The van der Waals surface area contributed by atoms with Crippen LogP contribution < -0.4 is 0 Å². The highest BCUT2D eigenvalue weighted by atomic mass is 32.2. The smallest absolute Gasteiger partial charge is 0.150 e. The first-order valence-corrected chi connectivity index (χ1v) is 5.83. The third-order valence-electron chi connectivity index (χ3n) is 1.70. The van der Waals surface area contributed by atoms with Gasteiger partial charge in [0.1, 0.15) is 0 Å². The number of H-pyrrole nitrogens is 1. The molecule has 0 aliphatic carbocycles. The molecule has 2 aromatic rings. The summed E-state index contributed by atoms with van der Waals surface area (Å²) >= 11 is 3.32. The van der Waals surface area contributed by atoms with Gasteiger partial charge in [0.25, 0.3) is 0 Å². The zero-order chi connectivity index (χ0) is 9.80. The van der Waals surface area contributed by atoms with E-state index in [0.717, 1.165) is 9.90 Å². The first kappa shape index (κ1) is 9.48. The normalized spacial score (nSPS) is 12.6. The lowest BCUT2D eigenvalue weighted by atomic mass is 10.2. The van der Waals surface area contributed by atoms with Gasteiger partial charge in [-0.15, -0.1) is 17.9 Å². The summed E-state index contributed by atoms with van der Waals surface area (Å²) in [6, 6.07) is 0. The summed E-state index contributed by atoms with van der Waals surface area (Å²) in [5, 5.41) is 8.91. The van der Waals surface area contributed by atoms with E-state index in [0.29, 0.717) is 0 Å². The fraction of sp³-hybridized carbons (Fsp3) is 0.111. The summed E-state index contributed by atoms with van der Waals surface area (Å²) in [6.45, 7) is 3.81. The van der Waals surface area contributed by atoms with Crippen molar-refractivity contribution in [2.24, 2.45) is 0 Å². The third-order valence-corrected chi connectivity index (χ3v) is 3.87. The molecule has 0 aliphatic heterocycles. The number of nitrogens with one attached hydrogen (secondary N) is 1. The molecule has 2 aromatic heterocycles. The molecular weight excluding hydrogens is 214 g/mol. The lowest BCUT2D eigenvalue weighted by Crippen LogP contribution is -1.86. The molecular formula is C9H9N3S2. The Hall–Kier alpha value is -1.07. The summed E-state index contributed by atoms with van der Waals surface area (Å²) < 4.78 is 1.05. The summed E-state index contributed by atoms with van der Waals surface area (Å²) in [7, 11) is 0. The van der Waals surface area contributed by atoms with Crippen LogP contribution in [0.25, 0.3) is 0 Å². The Bertz CT molecular complexity index is 380. The molecule has 1 N–H and O–H groups in total. The molecule has 0 bridgehead atoms. The second kappa shape index (κ2) is 4.43. The average Bonchev–Trinajstić information content (AvgIpc) is 2.86. The van der Waals surface area contributed by atoms with Crippen LogP contribution in [0.15, 0.2) is 41.0 Å². The van der Waals surface area contributed by atoms with Crippen LogP contribution in [-0.4, -0.2) is 15.2 Å². The van der Waals surface area contributed by atoms with Crippen molar-refractivity contribution in [3.63, 3.8) is 0 Å². The predicted molar refractivity (Wildman–Crippen MR) is 59.5 cm³/mol. The van der Waals surface area contributed by atoms with Crippen LogP contribution in [0.5, 0.6) is 0 Å². The number of aromatic amines is 1. The lowest BCUT2D eigenvalue weighted by Gasteiger charge is -2.06. The van der Waals surface area contributed by atoms with E-state index in [4.69, 9.17) is 0 Å². The number of rotatable bonds is 4. The molecule has 0 aromatic carbocycles. The van der Waals surface area contributed by atoms with E-state index in [2.05, 4.69) is 21.8 Å². The van der Waals surface area contributed by atoms with E-state index in [-0.39, 0.29) is 5.25 Å². The van der Waals surface area contributed by atoms with E-state index < -0.39 is 0 Å². The van der Waals surface area contributed by atoms with Gasteiger partial charge in [0.2, 0.25) is 0 Å². The maximum atomic E-state index is 4.22. The van der Waals surface area contributed by atoms with Crippen LogP contribution in [-0.2, 0) is 0 Å². The molecule has 5 heteroatoms. The molecule has 1 unspecified atom stereocenters. The van der Waals surface area contributed by atoms with E-state index in [1.54, 1.807) is 23.1 Å². The molecule has 72 valence electrons. The van der Waals surface area contributed by atoms with Crippen molar-refractivity contribution in [1.29, 1.82) is 0 Å². The monoisotopic (exact) mass is 223 g/mol. The Balaban J connectivity index is 2.12. The van der Waals surface area contributed by atoms with E-state index in [9.17, 15) is 0 Å². The Kier molecular flexibility index (Phi) is 3.00. The minimum atomic E-state index is 0.222. The zero-order valence-electron chi connectivity index (χ0n) is 7.38. The number of thioether (sulfide) groups is 1. The van der Waals surface area contributed by atoms with Crippen molar-refractivity contribution in [2.45, 2.75) is 9.59 Å². The molecule has 0 spiro atoms. The molecule has 3 nitrogen and oxygen atoms in total. The van der Waals surface area contributed by atoms with Gasteiger partial charge in [-0.3, -0.25) is 5.10 Å². The Morgan fingerprint density at radius 1 is 1.64 bits per heavy atom. The Labute approximate surface area is 90.3 Å². The zero-order valence-corrected chi connectivity index (χ0v) is 9.02. The fourth-order valence-corrected chi connectivity index (χ4v) is 2.81. The quantitative estimate of drug-likeness (QED) is 0.640. The van der Waals surface area contributed by atoms with Crippen molar-refractivity contribution in [3.8, 4) is 0 Å². The van der Waals surface area contributed by atoms with Crippen LogP contribution in [0.3, 0.4) is 0 Å². The van der Waals surface area contributed by atoms with Gasteiger partial charge in [-0.05, 0) is 0 Å². The summed E-state index contributed by atoms with van der Waals surface area (Å²) in [6.07, 6.45) is 7.40. The van der Waals surface area contributed by atoms with Gasteiger partial charge in [0.05, 0.1) is 11.4 Å². The van der Waals surface area contributed by atoms with Gasteiger partial charge in [-0.25, -0.2) is 4.98 Å². The number of aromatic nitrogens is 3. The number of hydrogen-bond donors (Lipinski definition) is 1. The minimum Gasteiger partial charge on any atom is -0.285 e. The second-order valence-corrected chi connectivity index (χ2v) is 4.89. The molecule has 1 atom stereocenters.